The molecule has 7 rings (SSSR count). The van der Waals surface area contributed by atoms with E-state index in [1.54, 1.807) is 0 Å². The van der Waals surface area contributed by atoms with Crippen LogP contribution in [0, 0.1) is 34.5 Å². The minimum absolute atomic E-state index is 0.119. The van der Waals surface area contributed by atoms with E-state index in [0.29, 0.717) is 38.5 Å². The molecule has 3 aliphatic heterocycles. The van der Waals surface area contributed by atoms with Gasteiger partial charge in [-0.05, 0) is 74.2 Å². The third-order valence-electron chi connectivity index (χ3n) is 12.4. The molecule has 0 aromatic carbocycles. The van der Waals surface area contributed by atoms with Gasteiger partial charge in [0.2, 0.25) is 12.1 Å². The minimum Gasteiger partial charge on any atom is -0.458 e. The molecule has 0 spiro atoms. The maximum atomic E-state index is 14.3. The normalized spacial score (nSPS) is 57.2. The monoisotopic (exact) mass is 562 g/mol. The number of hydrogen-bond donors (Lipinski definition) is 3. The number of carbonyl (C=O) groups excluding carboxylic acids is 2. The van der Waals surface area contributed by atoms with E-state index in [0.717, 1.165) is 12.0 Å². The predicted molar refractivity (Wildman–Crippen MR) is 137 cm³/mol. The van der Waals surface area contributed by atoms with Crippen molar-refractivity contribution >= 4 is 11.8 Å². The lowest BCUT2D eigenvalue weighted by molar-refractivity contribution is -0.459. The summed E-state index contributed by atoms with van der Waals surface area (Å²) in [5, 5.41) is 35.8. The number of rotatable bonds is 2. The Labute approximate surface area is 234 Å². The summed E-state index contributed by atoms with van der Waals surface area (Å²) in [6.07, 6.45) is 1.61. The van der Waals surface area contributed by atoms with Crippen molar-refractivity contribution in [2.75, 3.05) is 13.7 Å². The Bertz CT molecular complexity index is 1140. The van der Waals surface area contributed by atoms with E-state index in [-0.39, 0.29) is 42.4 Å². The van der Waals surface area contributed by atoms with Crippen molar-refractivity contribution < 1.29 is 48.6 Å². The summed E-state index contributed by atoms with van der Waals surface area (Å²) in [6.45, 7) is 5.97. The topological polar surface area (TPSA) is 141 Å². The standard InChI is InChI=1S/C30H42O10/c1-14-9-21(36-4)30(35)26(38-14)39-19-11-16-5-6-18-23(27(16,2)12-20(19)40-30)24(32)25(33)28(3)17(7-8-29(18,28)34)15-10-22(31)37-13-15/h10,14,16-21,23,25-26,33-35H,5-9,11-13H2,1-4H3. The van der Waals surface area contributed by atoms with Gasteiger partial charge in [0.05, 0.1) is 23.9 Å². The molecule has 7 aliphatic rings. The summed E-state index contributed by atoms with van der Waals surface area (Å²) < 4.78 is 29.5. The highest BCUT2D eigenvalue weighted by Gasteiger charge is 2.74. The van der Waals surface area contributed by atoms with Gasteiger partial charge in [0.1, 0.15) is 18.8 Å². The molecule has 3 heterocycles. The van der Waals surface area contributed by atoms with Crippen LogP contribution in [0.2, 0.25) is 0 Å². The van der Waals surface area contributed by atoms with Crippen LogP contribution in [-0.2, 0) is 33.3 Å². The fraction of sp³-hybridized carbons (Fsp3) is 0.867. The van der Waals surface area contributed by atoms with E-state index >= 15 is 0 Å². The van der Waals surface area contributed by atoms with Crippen molar-refractivity contribution in [1.82, 2.24) is 0 Å². The SMILES string of the molecule is COC1CC(C)OC2OC3CC4CCC5C(C(=O)C(O)C6(C)C(C7=CC(=O)OC7)CCC56O)C4(C)CC3OC12O. The van der Waals surface area contributed by atoms with Crippen LogP contribution in [0.25, 0.3) is 0 Å². The lowest BCUT2D eigenvalue weighted by atomic mass is 9.42. The molecular formula is C30H42O10. The first-order valence-corrected chi connectivity index (χ1v) is 14.9. The zero-order valence-corrected chi connectivity index (χ0v) is 23.7. The first-order chi connectivity index (χ1) is 18.9. The zero-order chi connectivity index (χ0) is 28.4. The van der Waals surface area contributed by atoms with Gasteiger partial charge in [0.15, 0.2) is 5.78 Å². The number of methoxy groups -OCH3 is 1. The number of carbonyl (C=O) groups is 2. The Morgan fingerprint density at radius 2 is 1.82 bits per heavy atom. The molecule has 0 radical (unpaired) electrons. The molecular weight excluding hydrogens is 520 g/mol. The van der Waals surface area contributed by atoms with Crippen molar-refractivity contribution in [3.05, 3.63) is 11.6 Å². The molecule has 3 N–H and O–H groups in total. The van der Waals surface area contributed by atoms with Gasteiger partial charge in [-0.3, -0.25) is 4.79 Å². The highest BCUT2D eigenvalue weighted by atomic mass is 16.8. The van der Waals surface area contributed by atoms with E-state index in [1.165, 1.54) is 13.2 Å². The van der Waals surface area contributed by atoms with E-state index in [2.05, 4.69) is 6.92 Å². The fourth-order valence-corrected chi connectivity index (χ4v) is 10.4. The Morgan fingerprint density at radius 1 is 1.05 bits per heavy atom. The summed E-state index contributed by atoms with van der Waals surface area (Å²) in [6, 6.07) is 0. The number of aliphatic hydroxyl groups excluding tert-OH is 1. The molecule has 0 aromatic heterocycles. The van der Waals surface area contributed by atoms with Crippen molar-refractivity contribution in [3.8, 4) is 0 Å². The summed E-state index contributed by atoms with van der Waals surface area (Å²) in [4.78, 5) is 26.1. The van der Waals surface area contributed by atoms with E-state index < -0.39 is 58.7 Å². The molecule has 0 amide bonds. The van der Waals surface area contributed by atoms with E-state index in [4.69, 9.17) is 23.7 Å². The highest BCUT2D eigenvalue weighted by Crippen LogP contribution is 2.69. The smallest absolute Gasteiger partial charge is 0.331 e. The average molecular weight is 563 g/mol. The van der Waals surface area contributed by atoms with Crippen molar-refractivity contribution in [2.45, 2.75) is 114 Å². The second-order valence-corrected chi connectivity index (χ2v) is 14.1. The quantitative estimate of drug-likeness (QED) is 0.336. The fourth-order valence-electron chi connectivity index (χ4n) is 10.4. The average Bonchev–Trinajstić information content (AvgIpc) is 3.45. The number of hydrogen-bond acceptors (Lipinski definition) is 10. The molecule has 4 saturated carbocycles. The summed E-state index contributed by atoms with van der Waals surface area (Å²) >= 11 is 0. The molecule has 2 saturated heterocycles. The molecule has 14 unspecified atom stereocenters. The molecule has 0 bridgehead atoms. The summed E-state index contributed by atoms with van der Waals surface area (Å²) in [7, 11) is 1.54. The molecule has 14 atom stereocenters. The zero-order valence-electron chi connectivity index (χ0n) is 23.7. The number of Topliss-reactive ketones (excluding diaryl/α,β-unsaturated/α-hetero) is 1. The van der Waals surface area contributed by atoms with Gasteiger partial charge in [-0.15, -0.1) is 0 Å². The Hall–Kier alpha value is -1.40. The first-order valence-electron chi connectivity index (χ1n) is 14.9. The van der Waals surface area contributed by atoms with Crippen LogP contribution in [0.4, 0.5) is 0 Å². The number of esters is 1. The lowest BCUT2D eigenvalue weighted by Gasteiger charge is -2.65. The number of ether oxygens (including phenoxy) is 5. The number of ketones is 1. The summed E-state index contributed by atoms with van der Waals surface area (Å²) in [5.41, 5.74) is -2.20. The largest absolute Gasteiger partial charge is 0.458 e. The maximum Gasteiger partial charge on any atom is 0.331 e. The van der Waals surface area contributed by atoms with Gasteiger partial charge in [-0.2, -0.15) is 0 Å². The van der Waals surface area contributed by atoms with Crippen molar-refractivity contribution in [1.29, 1.82) is 0 Å². The Balaban J connectivity index is 1.21. The van der Waals surface area contributed by atoms with Gasteiger partial charge in [0.25, 0.3) is 0 Å². The van der Waals surface area contributed by atoms with Gasteiger partial charge in [-0.25, -0.2) is 4.79 Å². The third-order valence-corrected chi connectivity index (χ3v) is 12.4. The molecule has 222 valence electrons. The molecule has 0 aromatic rings. The van der Waals surface area contributed by atoms with Gasteiger partial charge >= 0.3 is 5.97 Å². The molecule has 6 fully saturated rings. The van der Waals surface area contributed by atoms with Crippen LogP contribution in [0.1, 0.15) is 65.7 Å². The Kier molecular flexibility index (Phi) is 6.04. The van der Waals surface area contributed by atoms with Crippen LogP contribution in [-0.4, -0.2) is 89.0 Å². The van der Waals surface area contributed by atoms with Gasteiger partial charge < -0.3 is 39.0 Å². The van der Waals surface area contributed by atoms with Gasteiger partial charge in [-0.1, -0.05) is 13.8 Å². The van der Waals surface area contributed by atoms with Gasteiger partial charge in [0, 0.05) is 30.9 Å². The Morgan fingerprint density at radius 3 is 2.52 bits per heavy atom. The number of cyclic esters (lactones) is 1. The second kappa shape index (κ2) is 8.81. The first kappa shape index (κ1) is 27.4. The van der Waals surface area contributed by atoms with Crippen LogP contribution in [0.15, 0.2) is 11.6 Å². The molecule has 10 heteroatoms. The molecule has 40 heavy (non-hydrogen) atoms. The minimum atomic E-state index is -1.76. The van der Waals surface area contributed by atoms with Crippen molar-refractivity contribution in [3.63, 3.8) is 0 Å². The lowest BCUT2D eigenvalue weighted by Crippen LogP contribution is -2.73. The number of aliphatic hydroxyl groups is 3. The van der Waals surface area contributed by atoms with Crippen LogP contribution < -0.4 is 0 Å². The van der Waals surface area contributed by atoms with E-state index in [9.17, 15) is 24.9 Å². The highest BCUT2D eigenvalue weighted by molar-refractivity contribution is 5.90. The predicted octanol–water partition coefficient (Wildman–Crippen LogP) is 1.63. The second-order valence-electron chi connectivity index (χ2n) is 14.1. The van der Waals surface area contributed by atoms with Crippen LogP contribution in [0.5, 0.6) is 0 Å². The van der Waals surface area contributed by atoms with Crippen LogP contribution >= 0.6 is 0 Å². The van der Waals surface area contributed by atoms with Crippen LogP contribution in [0.3, 0.4) is 0 Å². The molecule has 4 aliphatic carbocycles. The maximum absolute atomic E-state index is 14.3. The number of fused-ring (bicyclic) bond motifs is 7. The summed E-state index contributed by atoms with van der Waals surface area (Å²) in [5.74, 6) is -3.51. The third kappa shape index (κ3) is 3.35. The van der Waals surface area contributed by atoms with E-state index in [1.807, 2.05) is 13.8 Å². The van der Waals surface area contributed by atoms with Crippen molar-refractivity contribution in [2.24, 2.45) is 34.5 Å². The molecule has 10 nitrogen and oxygen atoms in total.